The van der Waals surface area contributed by atoms with Gasteiger partial charge >= 0.3 is 6.18 Å². The number of rotatable bonds is 3. The highest BCUT2D eigenvalue weighted by atomic mass is 19.4. The molecule has 5 nitrogen and oxygen atoms in total. The number of nitrogens with one attached hydrogen (secondary N) is 1. The zero-order valence-electron chi connectivity index (χ0n) is 9.78. The van der Waals surface area contributed by atoms with Crippen LogP contribution in [0, 0.1) is 5.82 Å². The van der Waals surface area contributed by atoms with Gasteiger partial charge in [0.15, 0.2) is 17.3 Å². The smallest absolute Gasteiger partial charge is 0.433 e. The third-order valence-corrected chi connectivity index (χ3v) is 2.17. The van der Waals surface area contributed by atoms with E-state index < -0.39 is 29.5 Å². The molecule has 0 aliphatic rings. The lowest BCUT2D eigenvalue weighted by atomic mass is 10.3. The number of hydrogen-bond acceptors (Lipinski definition) is 5. The summed E-state index contributed by atoms with van der Waals surface area (Å²) < 4.78 is 56.2. The van der Waals surface area contributed by atoms with Crippen LogP contribution < -0.4 is 16.0 Å². The van der Waals surface area contributed by atoms with Gasteiger partial charge in [0.25, 0.3) is 0 Å². The molecule has 2 aromatic rings. The first-order valence-electron chi connectivity index (χ1n) is 5.25. The van der Waals surface area contributed by atoms with Crippen molar-refractivity contribution in [2.45, 2.75) is 6.18 Å². The lowest BCUT2D eigenvalue weighted by molar-refractivity contribution is -0.141. The van der Waals surface area contributed by atoms with E-state index in [9.17, 15) is 17.6 Å². The van der Waals surface area contributed by atoms with Crippen LogP contribution in [-0.4, -0.2) is 9.97 Å². The van der Waals surface area contributed by atoms with Crippen LogP contribution in [0.15, 0.2) is 30.3 Å². The molecule has 1 aromatic carbocycles. The Bertz CT molecular complexity index is 618. The zero-order valence-corrected chi connectivity index (χ0v) is 9.78. The van der Waals surface area contributed by atoms with Gasteiger partial charge in [-0.15, -0.1) is 0 Å². The summed E-state index contributed by atoms with van der Waals surface area (Å²) in [5.74, 6) is 3.01. The van der Waals surface area contributed by atoms with Gasteiger partial charge in [-0.1, -0.05) is 12.1 Å². The highest BCUT2D eigenvalue weighted by Gasteiger charge is 2.34. The number of para-hydroxylation sites is 1. The van der Waals surface area contributed by atoms with Crippen LogP contribution in [0.4, 0.5) is 23.5 Å². The fourth-order valence-corrected chi connectivity index (χ4v) is 1.33. The summed E-state index contributed by atoms with van der Waals surface area (Å²) >= 11 is 0. The number of alkyl halides is 3. The number of hydrogen-bond donors (Lipinski definition) is 2. The van der Waals surface area contributed by atoms with Crippen molar-refractivity contribution >= 4 is 5.95 Å². The average Bonchev–Trinajstić information content (AvgIpc) is 2.40. The second-order valence-corrected chi connectivity index (χ2v) is 3.59. The Labute approximate surface area is 110 Å². The molecule has 106 valence electrons. The summed E-state index contributed by atoms with van der Waals surface area (Å²) in [6, 6.07) is 5.78. The van der Waals surface area contributed by atoms with Crippen molar-refractivity contribution in [2.75, 3.05) is 5.43 Å². The molecule has 20 heavy (non-hydrogen) atoms. The second kappa shape index (κ2) is 5.29. The maximum atomic E-state index is 13.4. The molecule has 0 radical (unpaired) electrons. The SMILES string of the molecule is NNc1nc(Oc2ccccc2F)cc(C(F)(F)F)n1. The van der Waals surface area contributed by atoms with E-state index in [0.717, 1.165) is 6.07 Å². The number of aromatic nitrogens is 2. The first-order valence-corrected chi connectivity index (χ1v) is 5.25. The molecule has 0 spiro atoms. The van der Waals surface area contributed by atoms with E-state index in [1.807, 2.05) is 5.43 Å². The fourth-order valence-electron chi connectivity index (χ4n) is 1.33. The minimum Gasteiger partial charge on any atom is -0.436 e. The number of ether oxygens (including phenoxy) is 1. The predicted octanol–water partition coefficient (Wildman–Crippen LogP) is 2.71. The van der Waals surface area contributed by atoms with Crippen molar-refractivity contribution in [3.05, 3.63) is 41.8 Å². The standard InChI is InChI=1S/C11H8F4N4O/c12-6-3-1-2-4-7(6)20-9-5-8(11(13,14)15)17-10(18-9)19-16/h1-5H,16H2,(H,17,18,19). The Kier molecular flexibility index (Phi) is 3.70. The van der Waals surface area contributed by atoms with E-state index in [2.05, 4.69) is 9.97 Å². The molecular weight excluding hydrogens is 280 g/mol. The molecule has 0 bridgehead atoms. The Hall–Kier alpha value is -2.42. The van der Waals surface area contributed by atoms with Crippen molar-refractivity contribution in [2.24, 2.45) is 5.84 Å². The zero-order chi connectivity index (χ0) is 14.8. The van der Waals surface area contributed by atoms with Crippen LogP contribution >= 0.6 is 0 Å². The summed E-state index contributed by atoms with van der Waals surface area (Å²) in [7, 11) is 0. The van der Waals surface area contributed by atoms with Crippen LogP contribution in [0.2, 0.25) is 0 Å². The largest absolute Gasteiger partial charge is 0.436 e. The normalized spacial score (nSPS) is 11.2. The van der Waals surface area contributed by atoms with Crippen molar-refractivity contribution in [1.82, 2.24) is 9.97 Å². The molecular formula is C11H8F4N4O. The first kappa shape index (κ1) is 14.0. The van der Waals surface area contributed by atoms with Crippen LogP contribution in [0.25, 0.3) is 0 Å². The minimum atomic E-state index is -4.71. The molecule has 0 saturated carbocycles. The number of nitrogens with zero attached hydrogens (tertiary/aromatic N) is 2. The van der Waals surface area contributed by atoms with Crippen LogP contribution in [0.1, 0.15) is 5.69 Å². The number of nitrogen functional groups attached to an aromatic ring is 1. The molecule has 1 aromatic heterocycles. The fraction of sp³-hybridized carbons (Fsp3) is 0.0909. The molecule has 3 N–H and O–H groups in total. The Morgan fingerprint density at radius 3 is 2.45 bits per heavy atom. The highest BCUT2D eigenvalue weighted by Crippen LogP contribution is 2.31. The van der Waals surface area contributed by atoms with E-state index in [1.54, 1.807) is 0 Å². The quantitative estimate of drug-likeness (QED) is 0.516. The van der Waals surface area contributed by atoms with Gasteiger partial charge in [0.1, 0.15) is 0 Å². The lowest BCUT2D eigenvalue weighted by Crippen LogP contribution is -2.15. The molecule has 0 saturated heterocycles. The molecule has 9 heteroatoms. The molecule has 0 unspecified atom stereocenters. The second-order valence-electron chi connectivity index (χ2n) is 3.59. The number of benzene rings is 1. The molecule has 2 rings (SSSR count). The van der Waals surface area contributed by atoms with E-state index in [1.165, 1.54) is 18.2 Å². The monoisotopic (exact) mass is 288 g/mol. The van der Waals surface area contributed by atoms with Crippen molar-refractivity contribution in [1.29, 1.82) is 0 Å². The Morgan fingerprint density at radius 2 is 1.85 bits per heavy atom. The van der Waals surface area contributed by atoms with Crippen molar-refractivity contribution in [3.63, 3.8) is 0 Å². The Morgan fingerprint density at radius 1 is 1.15 bits per heavy atom. The summed E-state index contributed by atoms with van der Waals surface area (Å²) in [4.78, 5) is 6.71. The number of anilines is 1. The molecule has 0 atom stereocenters. The third-order valence-electron chi connectivity index (χ3n) is 2.17. The van der Waals surface area contributed by atoms with Gasteiger partial charge in [-0.3, -0.25) is 5.43 Å². The van der Waals surface area contributed by atoms with Gasteiger partial charge in [0.05, 0.1) is 0 Å². The highest BCUT2D eigenvalue weighted by molar-refractivity contribution is 5.34. The Balaban J connectivity index is 2.39. The maximum Gasteiger partial charge on any atom is 0.433 e. The third kappa shape index (κ3) is 3.12. The van der Waals surface area contributed by atoms with Crippen molar-refractivity contribution < 1.29 is 22.3 Å². The predicted molar refractivity (Wildman–Crippen MR) is 61.3 cm³/mol. The van der Waals surface area contributed by atoms with Crippen LogP contribution in [-0.2, 0) is 6.18 Å². The van der Waals surface area contributed by atoms with E-state index in [-0.39, 0.29) is 5.75 Å². The van der Waals surface area contributed by atoms with Crippen molar-refractivity contribution in [3.8, 4) is 11.6 Å². The van der Waals surface area contributed by atoms with Crippen LogP contribution in [0.3, 0.4) is 0 Å². The van der Waals surface area contributed by atoms with Crippen LogP contribution in [0.5, 0.6) is 11.6 Å². The summed E-state index contributed by atoms with van der Waals surface area (Å²) in [6.45, 7) is 0. The topological polar surface area (TPSA) is 73.1 Å². The molecule has 0 aliphatic carbocycles. The summed E-state index contributed by atoms with van der Waals surface area (Å²) in [5.41, 5.74) is 0.627. The van der Waals surface area contributed by atoms with E-state index >= 15 is 0 Å². The van der Waals surface area contributed by atoms with Gasteiger partial charge < -0.3 is 4.74 Å². The molecule has 0 amide bonds. The molecule has 1 heterocycles. The number of nitrogens with two attached hydrogens (primary N) is 1. The van der Waals surface area contributed by atoms with E-state index in [4.69, 9.17) is 10.6 Å². The van der Waals surface area contributed by atoms with Gasteiger partial charge in [-0.2, -0.15) is 18.2 Å². The van der Waals surface area contributed by atoms with Gasteiger partial charge in [-0.25, -0.2) is 15.2 Å². The average molecular weight is 288 g/mol. The lowest BCUT2D eigenvalue weighted by Gasteiger charge is -2.11. The minimum absolute atomic E-state index is 0.262. The first-order chi connectivity index (χ1) is 9.40. The summed E-state index contributed by atoms with van der Waals surface area (Å²) in [5, 5.41) is 0. The summed E-state index contributed by atoms with van der Waals surface area (Å²) in [6.07, 6.45) is -4.71. The van der Waals surface area contributed by atoms with Gasteiger partial charge in [0, 0.05) is 6.07 Å². The molecule has 0 fully saturated rings. The number of hydrazine groups is 1. The number of halogens is 4. The molecule has 0 aliphatic heterocycles. The van der Waals surface area contributed by atoms with E-state index in [0.29, 0.717) is 6.07 Å². The maximum absolute atomic E-state index is 13.4. The van der Waals surface area contributed by atoms with Gasteiger partial charge in [-0.05, 0) is 12.1 Å². The van der Waals surface area contributed by atoms with Gasteiger partial charge in [0.2, 0.25) is 11.8 Å².